The number of aromatic nitrogens is 2. The topological polar surface area (TPSA) is 44.1 Å². The molecule has 0 fully saturated rings. The number of ether oxygens (including phenoxy) is 1. The molecule has 1 aromatic heterocycles. The van der Waals surface area contributed by atoms with Gasteiger partial charge in [-0.3, -0.25) is 9.36 Å². The highest BCUT2D eigenvalue weighted by Gasteiger charge is 2.12. The van der Waals surface area contributed by atoms with E-state index >= 15 is 0 Å². The molecule has 2 aromatic carbocycles. The van der Waals surface area contributed by atoms with Crippen molar-refractivity contribution < 1.29 is 4.74 Å². The number of thioether (sulfide) groups is 1. The van der Waals surface area contributed by atoms with E-state index in [1.54, 1.807) is 17.7 Å². The summed E-state index contributed by atoms with van der Waals surface area (Å²) in [5.41, 5.74) is 1.72. The quantitative estimate of drug-likeness (QED) is 0.411. The molecule has 4 nitrogen and oxygen atoms in total. The van der Waals surface area contributed by atoms with Crippen LogP contribution in [0.2, 0.25) is 5.02 Å². The van der Waals surface area contributed by atoms with E-state index in [9.17, 15) is 4.79 Å². The van der Waals surface area contributed by atoms with Gasteiger partial charge in [0.25, 0.3) is 5.56 Å². The molecule has 130 valence electrons. The first-order valence-corrected chi connectivity index (χ1v) is 9.80. The average molecular weight is 440 g/mol. The van der Waals surface area contributed by atoms with Crippen LogP contribution in [-0.2, 0) is 17.0 Å². The van der Waals surface area contributed by atoms with Gasteiger partial charge in [0.05, 0.1) is 24.1 Å². The van der Waals surface area contributed by atoms with Crippen LogP contribution in [0.15, 0.2) is 56.9 Å². The summed E-state index contributed by atoms with van der Waals surface area (Å²) >= 11 is 11.0. The predicted molar refractivity (Wildman–Crippen MR) is 107 cm³/mol. The Bertz CT molecular complexity index is 961. The Morgan fingerprint density at radius 3 is 2.88 bits per heavy atom. The van der Waals surface area contributed by atoms with Gasteiger partial charge >= 0.3 is 0 Å². The molecule has 3 aromatic rings. The van der Waals surface area contributed by atoms with E-state index in [-0.39, 0.29) is 5.56 Å². The average Bonchev–Trinajstić information content (AvgIpc) is 2.60. The normalized spacial score (nSPS) is 11.2. The van der Waals surface area contributed by atoms with Crippen molar-refractivity contribution in [2.45, 2.75) is 17.5 Å². The van der Waals surface area contributed by atoms with Gasteiger partial charge in [-0.2, -0.15) is 0 Å². The van der Waals surface area contributed by atoms with Gasteiger partial charge in [-0.25, -0.2) is 4.98 Å². The van der Waals surface area contributed by atoms with Gasteiger partial charge in [0.15, 0.2) is 5.16 Å². The molecule has 0 bridgehead atoms. The molecule has 1 heterocycles. The second kappa shape index (κ2) is 8.36. The molecule has 25 heavy (non-hydrogen) atoms. The van der Waals surface area contributed by atoms with Crippen molar-refractivity contribution in [2.75, 3.05) is 13.7 Å². The summed E-state index contributed by atoms with van der Waals surface area (Å²) in [6.45, 7) is 0.911. The Balaban J connectivity index is 1.99. The van der Waals surface area contributed by atoms with Crippen LogP contribution in [0, 0.1) is 0 Å². The van der Waals surface area contributed by atoms with E-state index in [4.69, 9.17) is 16.3 Å². The summed E-state index contributed by atoms with van der Waals surface area (Å²) in [6, 6.07) is 13.2. The Kier molecular flexibility index (Phi) is 6.17. The first-order chi connectivity index (χ1) is 12.1. The fraction of sp³-hybridized carbons (Fsp3) is 0.222. The molecular formula is C18H16BrClN2O2S. The first kappa shape index (κ1) is 18.5. The van der Waals surface area contributed by atoms with Crippen molar-refractivity contribution in [1.29, 1.82) is 0 Å². The van der Waals surface area contributed by atoms with Crippen LogP contribution in [-0.4, -0.2) is 23.3 Å². The molecule has 0 saturated heterocycles. The van der Waals surface area contributed by atoms with Gasteiger partial charge in [0.2, 0.25) is 0 Å². The maximum Gasteiger partial charge on any atom is 0.262 e. The van der Waals surface area contributed by atoms with E-state index < -0.39 is 0 Å². The minimum atomic E-state index is -0.0584. The number of fused-ring (bicyclic) bond motifs is 1. The van der Waals surface area contributed by atoms with Crippen LogP contribution in [0.1, 0.15) is 5.56 Å². The van der Waals surface area contributed by atoms with Gasteiger partial charge in [-0.05, 0) is 35.9 Å². The smallest absolute Gasteiger partial charge is 0.262 e. The highest BCUT2D eigenvalue weighted by atomic mass is 79.9. The van der Waals surface area contributed by atoms with Crippen LogP contribution < -0.4 is 5.56 Å². The zero-order chi connectivity index (χ0) is 17.8. The van der Waals surface area contributed by atoms with E-state index in [1.807, 2.05) is 36.4 Å². The molecule has 0 amide bonds. The molecule has 0 saturated carbocycles. The van der Waals surface area contributed by atoms with Crippen molar-refractivity contribution in [3.8, 4) is 0 Å². The summed E-state index contributed by atoms with van der Waals surface area (Å²) < 4.78 is 7.68. The van der Waals surface area contributed by atoms with E-state index in [0.29, 0.717) is 40.0 Å². The van der Waals surface area contributed by atoms with E-state index in [0.717, 1.165) is 10.0 Å². The number of hydrogen-bond acceptors (Lipinski definition) is 4. The number of nitrogens with zero attached hydrogens (tertiary/aromatic N) is 2. The molecule has 0 aliphatic heterocycles. The fourth-order valence-corrected chi connectivity index (χ4v) is 3.98. The van der Waals surface area contributed by atoms with Crippen LogP contribution in [0.5, 0.6) is 0 Å². The largest absolute Gasteiger partial charge is 0.383 e. The number of halogens is 2. The summed E-state index contributed by atoms with van der Waals surface area (Å²) in [6.07, 6.45) is 0. The lowest BCUT2D eigenvalue weighted by molar-refractivity contribution is 0.183. The van der Waals surface area contributed by atoms with Crippen LogP contribution >= 0.6 is 39.3 Å². The third-order valence-electron chi connectivity index (χ3n) is 3.66. The van der Waals surface area contributed by atoms with Crippen LogP contribution in [0.25, 0.3) is 10.9 Å². The maximum atomic E-state index is 12.9. The number of methoxy groups -OCH3 is 1. The minimum absolute atomic E-state index is 0.0584. The number of hydrogen-bond donors (Lipinski definition) is 0. The van der Waals surface area contributed by atoms with Gasteiger partial charge in [-0.1, -0.05) is 51.4 Å². The monoisotopic (exact) mass is 438 g/mol. The molecule has 0 radical (unpaired) electrons. The SMILES string of the molecule is COCCn1c(SCc2cccc(Cl)c2)nc2ccc(Br)cc2c1=O. The summed E-state index contributed by atoms with van der Waals surface area (Å²) in [4.78, 5) is 17.6. The molecule has 0 aliphatic rings. The molecule has 0 unspecified atom stereocenters. The third kappa shape index (κ3) is 4.44. The molecule has 0 spiro atoms. The molecule has 0 aliphatic carbocycles. The zero-order valence-electron chi connectivity index (χ0n) is 13.5. The zero-order valence-corrected chi connectivity index (χ0v) is 16.7. The molecule has 0 N–H and O–H groups in total. The lowest BCUT2D eigenvalue weighted by Gasteiger charge is -2.13. The first-order valence-electron chi connectivity index (χ1n) is 7.65. The van der Waals surface area contributed by atoms with Gasteiger partial charge in [0, 0.05) is 22.4 Å². The molecule has 3 rings (SSSR count). The third-order valence-corrected chi connectivity index (χ3v) is 5.43. The maximum absolute atomic E-state index is 12.9. The second-order valence-corrected chi connectivity index (χ2v) is 7.72. The van der Waals surface area contributed by atoms with Crippen molar-refractivity contribution in [1.82, 2.24) is 9.55 Å². The lowest BCUT2D eigenvalue weighted by atomic mass is 10.2. The van der Waals surface area contributed by atoms with Gasteiger partial charge in [0.1, 0.15) is 0 Å². The van der Waals surface area contributed by atoms with E-state index in [2.05, 4.69) is 20.9 Å². The standard InChI is InChI=1S/C18H16BrClN2O2S/c1-24-8-7-22-17(23)15-10-13(19)5-6-16(15)21-18(22)25-11-12-3-2-4-14(20)9-12/h2-6,9-10H,7-8,11H2,1H3. The molecular weight excluding hydrogens is 424 g/mol. The lowest BCUT2D eigenvalue weighted by Crippen LogP contribution is -2.25. The minimum Gasteiger partial charge on any atom is -0.383 e. The Morgan fingerprint density at radius 1 is 1.28 bits per heavy atom. The van der Waals surface area contributed by atoms with Crippen LogP contribution in [0.4, 0.5) is 0 Å². The second-order valence-electron chi connectivity index (χ2n) is 5.42. The van der Waals surface area contributed by atoms with Crippen LogP contribution in [0.3, 0.4) is 0 Å². The van der Waals surface area contributed by atoms with Crippen molar-refractivity contribution in [2.24, 2.45) is 0 Å². The van der Waals surface area contributed by atoms with Crippen molar-refractivity contribution in [3.63, 3.8) is 0 Å². The van der Waals surface area contributed by atoms with Gasteiger partial charge in [-0.15, -0.1) is 0 Å². The molecule has 0 atom stereocenters. The summed E-state index contributed by atoms with van der Waals surface area (Å²) in [5, 5.41) is 1.97. The Hall–Kier alpha value is -1.34. The molecule has 7 heteroatoms. The number of rotatable bonds is 6. The van der Waals surface area contributed by atoms with Crippen molar-refractivity contribution in [3.05, 3.63) is 67.9 Å². The highest BCUT2D eigenvalue weighted by molar-refractivity contribution is 9.10. The van der Waals surface area contributed by atoms with Gasteiger partial charge < -0.3 is 4.74 Å². The van der Waals surface area contributed by atoms with E-state index in [1.165, 1.54) is 11.8 Å². The Labute approximate surface area is 163 Å². The fourth-order valence-electron chi connectivity index (χ4n) is 2.44. The predicted octanol–water partition coefficient (Wildman–Crippen LogP) is 4.75. The Morgan fingerprint density at radius 2 is 2.12 bits per heavy atom. The van der Waals surface area contributed by atoms with Crippen molar-refractivity contribution >= 4 is 50.2 Å². The summed E-state index contributed by atoms with van der Waals surface area (Å²) in [5.74, 6) is 0.683. The number of benzene rings is 2. The summed E-state index contributed by atoms with van der Waals surface area (Å²) in [7, 11) is 1.62. The highest BCUT2D eigenvalue weighted by Crippen LogP contribution is 2.24.